The molecule has 4 heteroatoms. The van der Waals surface area contributed by atoms with Gasteiger partial charge in [0.2, 0.25) is 5.91 Å². The van der Waals surface area contributed by atoms with Crippen LogP contribution in [-0.2, 0) is 4.79 Å². The first-order valence-corrected chi connectivity index (χ1v) is 6.98. The third kappa shape index (κ3) is 4.10. The molecule has 0 fully saturated rings. The first-order valence-electron chi connectivity index (χ1n) is 6.10. The molecule has 1 heterocycles. The minimum Gasteiger partial charge on any atom is -0.325 e. The standard InChI is InChI=1S/C15H16N2OS/c1-11-6-5-7-13(10-11)17-15(18)12(2)19-14-8-3-4-9-16-14/h3-10,12H,1-2H3,(H,17,18)/t12-/m0/s1. The highest BCUT2D eigenvalue weighted by Crippen LogP contribution is 2.21. The van der Waals surface area contributed by atoms with Crippen molar-refractivity contribution >= 4 is 23.4 Å². The zero-order chi connectivity index (χ0) is 13.7. The number of aryl methyl sites for hydroxylation is 1. The average molecular weight is 272 g/mol. The number of aromatic nitrogens is 1. The fourth-order valence-electron chi connectivity index (χ4n) is 1.62. The van der Waals surface area contributed by atoms with Gasteiger partial charge in [-0.3, -0.25) is 4.79 Å². The molecule has 98 valence electrons. The molecule has 1 atom stereocenters. The van der Waals surface area contributed by atoms with E-state index in [0.29, 0.717) is 0 Å². The Morgan fingerprint density at radius 1 is 1.26 bits per heavy atom. The van der Waals surface area contributed by atoms with Gasteiger partial charge in [0.05, 0.1) is 10.3 Å². The number of rotatable bonds is 4. The molecule has 1 N–H and O–H groups in total. The lowest BCUT2D eigenvalue weighted by Gasteiger charge is -2.11. The van der Waals surface area contributed by atoms with E-state index in [9.17, 15) is 4.79 Å². The number of hydrogen-bond donors (Lipinski definition) is 1. The second-order valence-corrected chi connectivity index (χ2v) is 5.65. The Morgan fingerprint density at radius 2 is 2.11 bits per heavy atom. The predicted molar refractivity (Wildman–Crippen MR) is 79.4 cm³/mol. The maximum Gasteiger partial charge on any atom is 0.237 e. The second kappa shape index (κ2) is 6.38. The van der Waals surface area contributed by atoms with Gasteiger partial charge in [-0.2, -0.15) is 0 Å². The van der Waals surface area contributed by atoms with Crippen molar-refractivity contribution in [1.29, 1.82) is 0 Å². The van der Waals surface area contributed by atoms with Crippen molar-refractivity contribution in [1.82, 2.24) is 4.98 Å². The molecule has 0 saturated carbocycles. The Balaban J connectivity index is 1.96. The third-order valence-corrected chi connectivity index (χ3v) is 3.64. The number of thioether (sulfide) groups is 1. The first kappa shape index (κ1) is 13.6. The largest absolute Gasteiger partial charge is 0.325 e. The summed E-state index contributed by atoms with van der Waals surface area (Å²) in [6, 6.07) is 13.5. The van der Waals surface area contributed by atoms with Crippen LogP contribution in [0.25, 0.3) is 0 Å². The zero-order valence-corrected chi connectivity index (χ0v) is 11.8. The highest BCUT2D eigenvalue weighted by molar-refractivity contribution is 8.00. The number of hydrogen-bond acceptors (Lipinski definition) is 3. The van der Waals surface area contributed by atoms with E-state index >= 15 is 0 Å². The van der Waals surface area contributed by atoms with Gasteiger partial charge in [-0.05, 0) is 43.7 Å². The molecule has 3 nitrogen and oxygen atoms in total. The molecule has 0 spiro atoms. The van der Waals surface area contributed by atoms with Gasteiger partial charge in [-0.25, -0.2) is 4.98 Å². The predicted octanol–water partition coefficient (Wildman–Crippen LogP) is 3.51. The lowest BCUT2D eigenvalue weighted by molar-refractivity contribution is -0.115. The summed E-state index contributed by atoms with van der Waals surface area (Å²) in [6.07, 6.45) is 1.73. The van der Waals surface area contributed by atoms with Crippen LogP contribution in [0.4, 0.5) is 5.69 Å². The highest BCUT2D eigenvalue weighted by Gasteiger charge is 2.14. The number of amides is 1. The lowest BCUT2D eigenvalue weighted by atomic mass is 10.2. The van der Waals surface area contributed by atoms with Gasteiger partial charge in [-0.15, -0.1) is 0 Å². The van der Waals surface area contributed by atoms with Crippen LogP contribution in [-0.4, -0.2) is 16.1 Å². The number of nitrogens with one attached hydrogen (secondary N) is 1. The molecule has 0 radical (unpaired) electrons. The topological polar surface area (TPSA) is 42.0 Å². The molecule has 0 aliphatic rings. The minimum atomic E-state index is -0.185. The maximum absolute atomic E-state index is 12.1. The Labute approximate surface area is 117 Å². The van der Waals surface area contributed by atoms with Crippen molar-refractivity contribution in [3.8, 4) is 0 Å². The van der Waals surface area contributed by atoms with E-state index < -0.39 is 0 Å². The monoisotopic (exact) mass is 272 g/mol. The molecular formula is C15H16N2OS. The van der Waals surface area contributed by atoms with Crippen LogP contribution in [0.2, 0.25) is 0 Å². The van der Waals surface area contributed by atoms with Gasteiger partial charge < -0.3 is 5.32 Å². The van der Waals surface area contributed by atoms with Crippen molar-refractivity contribution < 1.29 is 4.79 Å². The van der Waals surface area contributed by atoms with E-state index in [1.165, 1.54) is 11.8 Å². The van der Waals surface area contributed by atoms with E-state index in [2.05, 4.69) is 10.3 Å². The molecule has 0 aliphatic heterocycles. The minimum absolute atomic E-state index is 0.0127. The van der Waals surface area contributed by atoms with E-state index in [-0.39, 0.29) is 11.2 Å². The summed E-state index contributed by atoms with van der Waals surface area (Å²) < 4.78 is 0. The van der Waals surface area contributed by atoms with Crippen LogP contribution in [0.1, 0.15) is 12.5 Å². The zero-order valence-electron chi connectivity index (χ0n) is 11.0. The molecule has 1 aromatic carbocycles. The summed E-state index contributed by atoms with van der Waals surface area (Å²) in [5.74, 6) is -0.0127. The van der Waals surface area contributed by atoms with Crippen LogP contribution in [0.15, 0.2) is 53.7 Å². The normalized spacial score (nSPS) is 11.9. The van der Waals surface area contributed by atoms with Crippen molar-refractivity contribution in [2.75, 3.05) is 5.32 Å². The summed E-state index contributed by atoms with van der Waals surface area (Å²) in [7, 11) is 0. The number of anilines is 1. The van der Waals surface area contributed by atoms with Gasteiger partial charge in [0.15, 0.2) is 0 Å². The van der Waals surface area contributed by atoms with Crippen LogP contribution in [0, 0.1) is 6.92 Å². The van der Waals surface area contributed by atoms with Crippen LogP contribution >= 0.6 is 11.8 Å². The number of pyridine rings is 1. The highest BCUT2D eigenvalue weighted by atomic mass is 32.2. The van der Waals surface area contributed by atoms with Crippen LogP contribution < -0.4 is 5.32 Å². The molecular weight excluding hydrogens is 256 g/mol. The summed E-state index contributed by atoms with van der Waals surface area (Å²) in [5, 5.41) is 3.59. The van der Waals surface area contributed by atoms with E-state index in [1.807, 2.05) is 56.3 Å². The first-order chi connectivity index (χ1) is 9.15. The Hall–Kier alpha value is -1.81. The maximum atomic E-state index is 12.1. The van der Waals surface area contributed by atoms with E-state index in [4.69, 9.17) is 0 Å². The number of benzene rings is 1. The molecule has 0 aliphatic carbocycles. The quantitative estimate of drug-likeness (QED) is 0.866. The SMILES string of the molecule is Cc1cccc(NC(=O)[C@H](C)Sc2ccccn2)c1. The van der Waals surface area contributed by atoms with E-state index in [1.54, 1.807) is 6.20 Å². The lowest BCUT2D eigenvalue weighted by Crippen LogP contribution is -2.22. The van der Waals surface area contributed by atoms with Crippen molar-refractivity contribution in [2.45, 2.75) is 24.1 Å². The molecule has 19 heavy (non-hydrogen) atoms. The van der Waals surface area contributed by atoms with Gasteiger partial charge >= 0.3 is 0 Å². The average Bonchev–Trinajstić information content (AvgIpc) is 2.40. The fraction of sp³-hybridized carbons (Fsp3) is 0.200. The summed E-state index contributed by atoms with van der Waals surface area (Å²) >= 11 is 1.45. The van der Waals surface area contributed by atoms with Crippen molar-refractivity contribution in [2.24, 2.45) is 0 Å². The van der Waals surface area contributed by atoms with Crippen molar-refractivity contribution in [3.63, 3.8) is 0 Å². The molecule has 1 amide bonds. The summed E-state index contributed by atoms with van der Waals surface area (Å²) in [4.78, 5) is 16.3. The molecule has 0 unspecified atom stereocenters. The van der Waals surface area contributed by atoms with Crippen molar-refractivity contribution in [3.05, 3.63) is 54.2 Å². The molecule has 2 rings (SSSR count). The van der Waals surface area contributed by atoms with Crippen LogP contribution in [0.3, 0.4) is 0 Å². The van der Waals surface area contributed by atoms with Gasteiger partial charge in [0, 0.05) is 11.9 Å². The summed E-state index contributed by atoms with van der Waals surface area (Å²) in [5.41, 5.74) is 1.96. The Morgan fingerprint density at radius 3 is 2.79 bits per heavy atom. The molecule has 0 saturated heterocycles. The smallest absolute Gasteiger partial charge is 0.237 e. The van der Waals surface area contributed by atoms with Gasteiger partial charge in [-0.1, -0.05) is 30.0 Å². The number of carbonyl (C=O) groups excluding carboxylic acids is 1. The Kier molecular flexibility index (Phi) is 4.58. The van der Waals surface area contributed by atoms with Gasteiger partial charge in [0.25, 0.3) is 0 Å². The van der Waals surface area contributed by atoms with Gasteiger partial charge in [0.1, 0.15) is 0 Å². The second-order valence-electron chi connectivity index (χ2n) is 4.29. The molecule has 0 bridgehead atoms. The summed E-state index contributed by atoms with van der Waals surface area (Å²) in [6.45, 7) is 3.88. The fourth-order valence-corrected chi connectivity index (χ4v) is 2.43. The molecule has 1 aromatic heterocycles. The molecule has 2 aromatic rings. The third-order valence-electron chi connectivity index (χ3n) is 2.59. The number of nitrogens with zero attached hydrogens (tertiary/aromatic N) is 1. The Bertz CT molecular complexity index is 557. The van der Waals surface area contributed by atoms with E-state index in [0.717, 1.165) is 16.3 Å². The van der Waals surface area contributed by atoms with Crippen LogP contribution in [0.5, 0.6) is 0 Å². The number of carbonyl (C=O) groups is 1.